The molecule has 0 saturated heterocycles. The van der Waals surface area contributed by atoms with E-state index >= 15 is 0 Å². The average Bonchev–Trinajstić information content (AvgIpc) is 2.32. The number of aliphatic carboxylic acids is 1. The minimum atomic E-state index is -0.878. The zero-order chi connectivity index (χ0) is 14.6. The van der Waals surface area contributed by atoms with Crippen LogP contribution in [0.4, 0.5) is 0 Å². The van der Waals surface area contributed by atoms with Gasteiger partial charge >= 0.3 is 5.97 Å². The number of carbonyl (C=O) groups is 1. The highest BCUT2D eigenvalue weighted by atomic mass is 16.5. The molecule has 0 aliphatic rings. The van der Waals surface area contributed by atoms with Crippen molar-refractivity contribution < 1.29 is 14.6 Å². The van der Waals surface area contributed by atoms with Crippen LogP contribution in [0.3, 0.4) is 0 Å². The number of allylic oxidation sites excluding steroid dienone is 1. The molecule has 0 fully saturated rings. The molecule has 0 amide bonds. The summed E-state index contributed by atoms with van der Waals surface area (Å²) in [5.41, 5.74) is 5.77. The standard InChI is InChI=1S/C16H22O3/c1-10(8-16(17)18)6-7-14-11(2)9-15(19-5)13(4)12(14)3/h8-9H,6-7H2,1-5H3,(H,17,18)/b10-8+. The van der Waals surface area contributed by atoms with Crippen molar-refractivity contribution in [1.29, 1.82) is 0 Å². The summed E-state index contributed by atoms with van der Waals surface area (Å²) in [7, 11) is 1.68. The van der Waals surface area contributed by atoms with E-state index < -0.39 is 5.97 Å². The number of carboxylic acid groups (broad SMARTS) is 1. The van der Waals surface area contributed by atoms with Crippen molar-refractivity contribution in [2.45, 2.75) is 40.5 Å². The Hall–Kier alpha value is -1.77. The van der Waals surface area contributed by atoms with Crippen LogP contribution >= 0.6 is 0 Å². The number of benzene rings is 1. The number of aryl methyl sites for hydroxylation is 1. The molecular formula is C16H22O3. The number of ether oxygens (including phenoxy) is 1. The predicted octanol–water partition coefficient (Wildman–Crippen LogP) is 3.58. The minimum absolute atomic E-state index is 0.764. The van der Waals surface area contributed by atoms with Gasteiger partial charge in [-0.15, -0.1) is 0 Å². The molecule has 0 aliphatic carbocycles. The van der Waals surface area contributed by atoms with Gasteiger partial charge in [-0.1, -0.05) is 5.57 Å². The molecule has 104 valence electrons. The van der Waals surface area contributed by atoms with Crippen LogP contribution in [0, 0.1) is 20.8 Å². The normalized spacial score (nSPS) is 11.5. The van der Waals surface area contributed by atoms with Gasteiger partial charge < -0.3 is 9.84 Å². The van der Waals surface area contributed by atoms with Gasteiger partial charge in [-0.05, 0) is 68.9 Å². The van der Waals surface area contributed by atoms with E-state index in [2.05, 4.69) is 20.8 Å². The molecule has 1 aromatic carbocycles. The van der Waals surface area contributed by atoms with Gasteiger partial charge in [-0.2, -0.15) is 0 Å². The van der Waals surface area contributed by atoms with Gasteiger partial charge in [0.15, 0.2) is 0 Å². The zero-order valence-electron chi connectivity index (χ0n) is 12.3. The first-order chi connectivity index (χ1) is 8.86. The van der Waals surface area contributed by atoms with E-state index in [-0.39, 0.29) is 0 Å². The van der Waals surface area contributed by atoms with Gasteiger partial charge in [0.25, 0.3) is 0 Å². The summed E-state index contributed by atoms with van der Waals surface area (Å²) in [4.78, 5) is 10.6. The Morgan fingerprint density at radius 3 is 2.47 bits per heavy atom. The molecule has 0 unspecified atom stereocenters. The molecule has 1 rings (SSSR count). The number of rotatable bonds is 5. The van der Waals surface area contributed by atoms with Crippen LogP contribution in [0.15, 0.2) is 17.7 Å². The number of carboxylic acids is 1. The summed E-state index contributed by atoms with van der Waals surface area (Å²) in [6.07, 6.45) is 2.90. The van der Waals surface area contributed by atoms with Gasteiger partial charge in [0, 0.05) is 6.08 Å². The first kappa shape index (κ1) is 15.3. The van der Waals surface area contributed by atoms with E-state index in [0.29, 0.717) is 0 Å². The summed E-state index contributed by atoms with van der Waals surface area (Å²) in [5.74, 6) is 0.0356. The van der Waals surface area contributed by atoms with Gasteiger partial charge in [0.1, 0.15) is 5.75 Å². The third kappa shape index (κ3) is 3.85. The fourth-order valence-electron chi connectivity index (χ4n) is 2.30. The molecule has 3 heteroatoms. The Morgan fingerprint density at radius 2 is 1.95 bits per heavy atom. The quantitative estimate of drug-likeness (QED) is 0.825. The maximum absolute atomic E-state index is 10.6. The second kappa shape index (κ2) is 6.41. The minimum Gasteiger partial charge on any atom is -0.496 e. The van der Waals surface area contributed by atoms with Crippen LogP contribution in [0.25, 0.3) is 0 Å². The molecule has 0 aliphatic heterocycles. The molecule has 1 N–H and O–H groups in total. The van der Waals surface area contributed by atoms with E-state index in [1.165, 1.54) is 22.8 Å². The lowest BCUT2D eigenvalue weighted by Crippen LogP contribution is -2.01. The van der Waals surface area contributed by atoms with E-state index in [9.17, 15) is 4.79 Å². The Balaban J connectivity index is 2.97. The average molecular weight is 262 g/mol. The highest BCUT2D eigenvalue weighted by molar-refractivity contribution is 5.80. The third-order valence-corrected chi connectivity index (χ3v) is 3.57. The second-order valence-corrected chi connectivity index (χ2v) is 4.95. The molecule has 0 bridgehead atoms. The second-order valence-electron chi connectivity index (χ2n) is 4.95. The van der Waals surface area contributed by atoms with Crippen molar-refractivity contribution in [3.63, 3.8) is 0 Å². The Morgan fingerprint density at radius 1 is 1.32 bits per heavy atom. The summed E-state index contributed by atoms with van der Waals surface area (Å²) < 4.78 is 5.35. The summed E-state index contributed by atoms with van der Waals surface area (Å²) in [6.45, 7) is 8.07. The first-order valence-corrected chi connectivity index (χ1v) is 6.40. The smallest absolute Gasteiger partial charge is 0.328 e. The molecule has 0 radical (unpaired) electrons. The summed E-state index contributed by atoms with van der Waals surface area (Å²) in [6, 6.07) is 2.05. The predicted molar refractivity (Wildman–Crippen MR) is 76.9 cm³/mol. The maximum Gasteiger partial charge on any atom is 0.328 e. The highest BCUT2D eigenvalue weighted by Gasteiger charge is 2.10. The maximum atomic E-state index is 10.6. The Kier molecular flexibility index (Phi) is 5.16. The van der Waals surface area contributed by atoms with E-state index in [4.69, 9.17) is 9.84 Å². The van der Waals surface area contributed by atoms with Crippen LogP contribution in [-0.4, -0.2) is 18.2 Å². The van der Waals surface area contributed by atoms with E-state index in [1.54, 1.807) is 7.11 Å². The first-order valence-electron chi connectivity index (χ1n) is 6.40. The number of hydrogen-bond acceptors (Lipinski definition) is 2. The Labute approximate surface area is 114 Å². The molecule has 3 nitrogen and oxygen atoms in total. The van der Waals surface area contributed by atoms with Crippen LogP contribution in [0.2, 0.25) is 0 Å². The third-order valence-electron chi connectivity index (χ3n) is 3.57. The topological polar surface area (TPSA) is 46.5 Å². The molecule has 0 atom stereocenters. The van der Waals surface area contributed by atoms with Gasteiger partial charge in [0.05, 0.1) is 7.11 Å². The molecule has 19 heavy (non-hydrogen) atoms. The van der Waals surface area contributed by atoms with Crippen molar-refractivity contribution in [1.82, 2.24) is 0 Å². The summed E-state index contributed by atoms with van der Waals surface area (Å²) in [5, 5.41) is 8.71. The monoisotopic (exact) mass is 262 g/mol. The van der Waals surface area contributed by atoms with Crippen molar-refractivity contribution in [3.8, 4) is 5.75 Å². The molecule has 1 aromatic rings. The molecule has 0 heterocycles. The molecule has 0 aromatic heterocycles. The highest BCUT2D eigenvalue weighted by Crippen LogP contribution is 2.28. The van der Waals surface area contributed by atoms with E-state index in [0.717, 1.165) is 29.7 Å². The van der Waals surface area contributed by atoms with Crippen molar-refractivity contribution in [2.24, 2.45) is 0 Å². The number of hydrogen-bond donors (Lipinski definition) is 1. The molecule has 0 spiro atoms. The van der Waals surface area contributed by atoms with Gasteiger partial charge in [-0.25, -0.2) is 4.79 Å². The van der Waals surface area contributed by atoms with Gasteiger partial charge in [0.2, 0.25) is 0 Å². The van der Waals surface area contributed by atoms with Crippen molar-refractivity contribution >= 4 is 5.97 Å². The summed E-state index contributed by atoms with van der Waals surface area (Å²) >= 11 is 0. The fourth-order valence-corrected chi connectivity index (χ4v) is 2.30. The Bertz CT molecular complexity index is 513. The SMILES string of the molecule is COc1cc(C)c(CC/C(C)=C/C(=O)O)c(C)c1C. The van der Waals surface area contributed by atoms with Crippen LogP contribution < -0.4 is 4.74 Å². The lowest BCUT2D eigenvalue weighted by atomic mass is 9.93. The van der Waals surface area contributed by atoms with E-state index in [1.807, 2.05) is 13.0 Å². The van der Waals surface area contributed by atoms with Crippen LogP contribution in [0.5, 0.6) is 5.75 Å². The van der Waals surface area contributed by atoms with Crippen LogP contribution in [-0.2, 0) is 11.2 Å². The number of methoxy groups -OCH3 is 1. The van der Waals surface area contributed by atoms with Gasteiger partial charge in [-0.3, -0.25) is 0 Å². The molecule has 0 saturated carbocycles. The zero-order valence-corrected chi connectivity index (χ0v) is 12.3. The largest absolute Gasteiger partial charge is 0.496 e. The molecular weight excluding hydrogens is 240 g/mol. The lowest BCUT2D eigenvalue weighted by molar-refractivity contribution is -0.131. The van der Waals surface area contributed by atoms with Crippen LogP contribution in [0.1, 0.15) is 35.6 Å². The van der Waals surface area contributed by atoms with Crippen molar-refractivity contribution in [2.75, 3.05) is 7.11 Å². The lowest BCUT2D eigenvalue weighted by Gasteiger charge is -2.16. The fraction of sp³-hybridized carbons (Fsp3) is 0.438. The van der Waals surface area contributed by atoms with Crippen molar-refractivity contribution in [3.05, 3.63) is 40.0 Å².